The molecule has 18 heavy (non-hydrogen) atoms. The average Bonchev–Trinajstić information content (AvgIpc) is 2.36. The number of hydrogen-bond acceptors (Lipinski definition) is 3. The Bertz CT molecular complexity index is 353. The predicted octanol–water partition coefficient (Wildman–Crippen LogP) is 3.34. The number of hydrogen-bond donors (Lipinski definition) is 2. The Hall–Kier alpha value is -1.09. The molecule has 102 valence electrons. The summed E-state index contributed by atoms with van der Waals surface area (Å²) >= 11 is 0. The third kappa shape index (κ3) is 3.45. The molecule has 0 amide bonds. The Kier molecular flexibility index (Phi) is 4.74. The monoisotopic (exact) mass is 250 g/mol. The lowest BCUT2D eigenvalue weighted by Crippen LogP contribution is -2.41. The van der Waals surface area contributed by atoms with Gasteiger partial charge in [0.2, 0.25) is 0 Å². The van der Waals surface area contributed by atoms with E-state index >= 15 is 0 Å². The van der Waals surface area contributed by atoms with Gasteiger partial charge in [-0.05, 0) is 29.9 Å². The van der Waals surface area contributed by atoms with Crippen LogP contribution in [0.15, 0.2) is 18.3 Å². The summed E-state index contributed by atoms with van der Waals surface area (Å²) in [5, 5.41) is 12.9. The van der Waals surface area contributed by atoms with Crippen LogP contribution in [0.5, 0.6) is 0 Å². The minimum Gasteiger partial charge on any atom is -0.394 e. The first-order chi connectivity index (χ1) is 8.37. The fourth-order valence-corrected chi connectivity index (χ4v) is 1.87. The second kappa shape index (κ2) is 5.70. The summed E-state index contributed by atoms with van der Waals surface area (Å²) in [6.45, 7) is 10.8. The number of anilines is 1. The lowest BCUT2D eigenvalue weighted by atomic mass is 9.88. The standard InChI is InChI=1S/C15H26N2O/c1-6-15(7-2,11-18)17-13-9-8-12(10-16-13)14(3,4)5/h8-10,18H,6-7,11H2,1-5H3,(H,16,17). The van der Waals surface area contributed by atoms with Gasteiger partial charge >= 0.3 is 0 Å². The van der Waals surface area contributed by atoms with E-state index in [1.54, 1.807) is 0 Å². The molecule has 0 saturated carbocycles. The maximum absolute atomic E-state index is 9.53. The van der Waals surface area contributed by atoms with Crippen molar-refractivity contribution in [3.05, 3.63) is 23.9 Å². The second-order valence-electron chi connectivity index (χ2n) is 5.95. The van der Waals surface area contributed by atoms with E-state index in [1.807, 2.05) is 12.3 Å². The lowest BCUT2D eigenvalue weighted by molar-refractivity contribution is 0.202. The molecule has 2 N–H and O–H groups in total. The average molecular weight is 250 g/mol. The molecule has 0 spiro atoms. The van der Waals surface area contributed by atoms with Gasteiger partial charge in [-0.25, -0.2) is 4.98 Å². The summed E-state index contributed by atoms with van der Waals surface area (Å²) in [6.07, 6.45) is 3.67. The third-order valence-corrected chi connectivity index (χ3v) is 3.68. The lowest BCUT2D eigenvalue weighted by Gasteiger charge is -2.31. The summed E-state index contributed by atoms with van der Waals surface area (Å²) < 4.78 is 0. The quantitative estimate of drug-likeness (QED) is 0.842. The van der Waals surface area contributed by atoms with Crippen LogP contribution in [-0.2, 0) is 5.41 Å². The van der Waals surface area contributed by atoms with Crippen LogP contribution in [0.3, 0.4) is 0 Å². The number of aliphatic hydroxyl groups excluding tert-OH is 1. The molecule has 0 radical (unpaired) electrons. The first-order valence-electron chi connectivity index (χ1n) is 6.72. The summed E-state index contributed by atoms with van der Waals surface area (Å²) in [5.41, 5.74) is 1.08. The zero-order valence-electron chi connectivity index (χ0n) is 12.2. The highest BCUT2D eigenvalue weighted by Gasteiger charge is 2.25. The van der Waals surface area contributed by atoms with Crippen molar-refractivity contribution >= 4 is 5.82 Å². The number of aromatic nitrogens is 1. The van der Waals surface area contributed by atoms with Crippen molar-refractivity contribution < 1.29 is 5.11 Å². The molecule has 0 aliphatic heterocycles. The van der Waals surface area contributed by atoms with Crippen LogP contribution in [0.2, 0.25) is 0 Å². The topological polar surface area (TPSA) is 45.1 Å². The summed E-state index contributed by atoms with van der Waals surface area (Å²) in [7, 11) is 0. The van der Waals surface area contributed by atoms with E-state index in [0.717, 1.165) is 18.7 Å². The number of nitrogens with one attached hydrogen (secondary N) is 1. The molecule has 1 aromatic heterocycles. The maximum atomic E-state index is 9.53. The van der Waals surface area contributed by atoms with E-state index in [1.165, 1.54) is 5.56 Å². The van der Waals surface area contributed by atoms with Gasteiger partial charge in [-0.15, -0.1) is 0 Å². The van der Waals surface area contributed by atoms with Gasteiger partial charge in [0.15, 0.2) is 0 Å². The molecule has 1 heterocycles. The van der Waals surface area contributed by atoms with Crippen molar-refractivity contribution in [2.24, 2.45) is 0 Å². The molecular weight excluding hydrogens is 224 g/mol. The van der Waals surface area contributed by atoms with Gasteiger partial charge in [0.25, 0.3) is 0 Å². The molecular formula is C15H26N2O. The molecule has 1 rings (SSSR count). The first kappa shape index (κ1) is 15.0. The molecule has 1 aromatic rings. The Morgan fingerprint density at radius 3 is 2.11 bits per heavy atom. The molecule has 0 unspecified atom stereocenters. The van der Waals surface area contributed by atoms with Gasteiger partial charge in [0.1, 0.15) is 5.82 Å². The molecule has 0 aliphatic carbocycles. The Labute approximate surface area is 111 Å². The molecule has 0 saturated heterocycles. The van der Waals surface area contributed by atoms with Crippen LogP contribution >= 0.6 is 0 Å². The number of aliphatic hydroxyl groups is 1. The van der Waals surface area contributed by atoms with Gasteiger partial charge in [-0.1, -0.05) is 40.7 Å². The van der Waals surface area contributed by atoms with Crippen molar-refractivity contribution in [1.82, 2.24) is 4.98 Å². The molecule has 3 nitrogen and oxygen atoms in total. The number of nitrogens with zero attached hydrogens (tertiary/aromatic N) is 1. The highest BCUT2D eigenvalue weighted by molar-refractivity contribution is 5.40. The van der Waals surface area contributed by atoms with Crippen LogP contribution in [0.4, 0.5) is 5.82 Å². The Morgan fingerprint density at radius 1 is 1.17 bits per heavy atom. The first-order valence-corrected chi connectivity index (χ1v) is 6.72. The van der Waals surface area contributed by atoms with Crippen molar-refractivity contribution in [1.29, 1.82) is 0 Å². The highest BCUT2D eigenvalue weighted by atomic mass is 16.3. The molecule has 0 aliphatic rings. The predicted molar refractivity (Wildman–Crippen MR) is 77.0 cm³/mol. The smallest absolute Gasteiger partial charge is 0.126 e. The summed E-state index contributed by atoms with van der Waals surface area (Å²) in [6, 6.07) is 4.10. The van der Waals surface area contributed by atoms with E-state index in [-0.39, 0.29) is 17.6 Å². The van der Waals surface area contributed by atoms with Gasteiger partial charge in [0, 0.05) is 6.20 Å². The number of rotatable bonds is 5. The highest BCUT2D eigenvalue weighted by Crippen LogP contribution is 2.24. The van der Waals surface area contributed by atoms with Crippen molar-refractivity contribution in [2.75, 3.05) is 11.9 Å². The zero-order valence-corrected chi connectivity index (χ0v) is 12.2. The van der Waals surface area contributed by atoms with Crippen molar-refractivity contribution in [3.8, 4) is 0 Å². The normalized spacial score (nSPS) is 12.6. The van der Waals surface area contributed by atoms with E-state index in [2.05, 4.69) is 51.0 Å². The molecule has 0 fully saturated rings. The zero-order chi connectivity index (χ0) is 13.8. The third-order valence-electron chi connectivity index (χ3n) is 3.68. The largest absolute Gasteiger partial charge is 0.394 e. The van der Waals surface area contributed by atoms with Gasteiger partial charge in [0.05, 0.1) is 12.1 Å². The van der Waals surface area contributed by atoms with Crippen molar-refractivity contribution in [3.63, 3.8) is 0 Å². The molecule has 0 aromatic carbocycles. The molecule has 0 bridgehead atoms. The minimum absolute atomic E-state index is 0.120. The fourth-order valence-electron chi connectivity index (χ4n) is 1.87. The van der Waals surface area contributed by atoms with Crippen LogP contribution in [0.1, 0.15) is 53.0 Å². The van der Waals surface area contributed by atoms with Gasteiger partial charge in [-0.2, -0.15) is 0 Å². The van der Waals surface area contributed by atoms with Crippen LogP contribution in [0.25, 0.3) is 0 Å². The maximum Gasteiger partial charge on any atom is 0.126 e. The Morgan fingerprint density at radius 2 is 1.78 bits per heavy atom. The summed E-state index contributed by atoms with van der Waals surface area (Å²) in [4.78, 5) is 4.45. The van der Waals surface area contributed by atoms with Crippen LogP contribution in [-0.4, -0.2) is 22.2 Å². The van der Waals surface area contributed by atoms with Gasteiger partial charge in [-0.3, -0.25) is 0 Å². The van der Waals surface area contributed by atoms with E-state index in [0.29, 0.717) is 0 Å². The minimum atomic E-state index is -0.254. The van der Waals surface area contributed by atoms with Crippen LogP contribution < -0.4 is 5.32 Å². The molecule has 0 atom stereocenters. The van der Waals surface area contributed by atoms with E-state index < -0.39 is 0 Å². The second-order valence-corrected chi connectivity index (χ2v) is 5.95. The van der Waals surface area contributed by atoms with Crippen LogP contribution in [0, 0.1) is 0 Å². The number of pyridine rings is 1. The van der Waals surface area contributed by atoms with Gasteiger partial charge < -0.3 is 10.4 Å². The Balaban J connectivity index is 2.86. The van der Waals surface area contributed by atoms with E-state index in [9.17, 15) is 5.11 Å². The summed E-state index contributed by atoms with van der Waals surface area (Å²) in [5.74, 6) is 0.834. The van der Waals surface area contributed by atoms with Crippen molar-refractivity contribution in [2.45, 2.75) is 58.4 Å². The SMILES string of the molecule is CCC(CC)(CO)Nc1ccc(C(C)(C)C)cn1. The van der Waals surface area contributed by atoms with E-state index in [4.69, 9.17) is 0 Å². The molecule has 3 heteroatoms. The fraction of sp³-hybridized carbons (Fsp3) is 0.667.